The highest BCUT2D eigenvalue weighted by Crippen LogP contribution is 2.06. The molecule has 0 spiro atoms. The predicted octanol–water partition coefficient (Wildman–Crippen LogP) is 1.55. The number of hydrogen-bond donors (Lipinski definition) is 0. The molecule has 0 saturated heterocycles. The van der Waals surface area contributed by atoms with E-state index in [9.17, 15) is 0 Å². The minimum atomic E-state index is -2.08. The molecule has 5 heteroatoms. The van der Waals surface area contributed by atoms with Gasteiger partial charge in [-0.1, -0.05) is 0 Å². The highest BCUT2D eigenvalue weighted by atomic mass is 28.4. The zero-order valence-corrected chi connectivity index (χ0v) is 9.04. The summed E-state index contributed by atoms with van der Waals surface area (Å²) < 4.78 is 10.8. The third kappa shape index (κ3) is 7.48. The summed E-state index contributed by atoms with van der Waals surface area (Å²) in [6.07, 6.45) is 0.774. The minimum absolute atomic E-state index is 0.387. The van der Waals surface area contributed by atoms with Crippen molar-refractivity contribution in [2.45, 2.75) is 25.9 Å². The molecule has 0 rings (SSSR count). The fourth-order valence-electron chi connectivity index (χ4n) is 0.727. The van der Waals surface area contributed by atoms with Crippen molar-refractivity contribution in [2.24, 2.45) is 0 Å². The van der Waals surface area contributed by atoms with Crippen LogP contribution in [0, 0.1) is 22.7 Å². The van der Waals surface area contributed by atoms with Crippen LogP contribution in [0.1, 0.15) is 12.8 Å². The van der Waals surface area contributed by atoms with E-state index in [0.29, 0.717) is 26.1 Å². The van der Waals surface area contributed by atoms with E-state index < -0.39 is 8.56 Å². The Balaban J connectivity index is 3.56. The number of rotatable bonds is 6. The molecule has 0 N–H and O–H groups in total. The first-order valence-corrected chi connectivity index (χ1v) is 6.96. The number of nitriles is 2. The lowest BCUT2D eigenvalue weighted by atomic mass is 10.5. The van der Waals surface area contributed by atoms with E-state index in [1.54, 1.807) is 0 Å². The molecule has 0 heterocycles. The first-order valence-electron chi connectivity index (χ1n) is 4.14. The van der Waals surface area contributed by atoms with E-state index in [4.69, 9.17) is 19.4 Å². The molecule has 4 nitrogen and oxygen atoms in total. The molecule has 0 aromatic rings. The molecule has 0 aliphatic rings. The lowest BCUT2D eigenvalue weighted by Crippen LogP contribution is -2.35. The maximum absolute atomic E-state index is 8.28. The van der Waals surface area contributed by atoms with E-state index >= 15 is 0 Å². The van der Waals surface area contributed by atoms with Crippen molar-refractivity contribution in [3.8, 4) is 12.1 Å². The zero-order chi connectivity index (χ0) is 10.2. The first kappa shape index (κ1) is 12.1. The highest BCUT2D eigenvalue weighted by Gasteiger charge is 2.23. The summed E-state index contributed by atoms with van der Waals surface area (Å²) in [7, 11) is -2.08. The Bertz CT molecular complexity index is 195. The van der Waals surface area contributed by atoms with Crippen molar-refractivity contribution >= 4 is 8.56 Å². The summed E-state index contributed by atoms with van der Waals surface area (Å²) in [6, 6.07) is 3.99. The summed E-state index contributed by atoms with van der Waals surface area (Å²) in [5.41, 5.74) is 0. The van der Waals surface area contributed by atoms with Gasteiger partial charge in [0, 0.05) is 13.2 Å². The molecule has 0 aromatic carbocycles. The van der Waals surface area contributed by atoms with Gasteiger partial charge in [-0.2, -0.15) is 10.5 Å². The average Bonchev–Trinajstić information content (AvgIpc) is 2.05. The number of nitrogens with zero attached hydrogens (tertiary/aromatic N) is 2. The molecule has 0 aliphatic carbocycles. The van der Waals surface area contributed by atoms with Crippen molar-refractivity contribution in [1.82, 2.24) is 0 Å². The molecule has 0 bridgehead atoms. The molecule has 13 heavy (non-hydrogen) atoms. The summed E-state index contributed by atoms with van der Waals surface area (Å²) in [4.78, 5) is 0. The Morgan fingerprint density at radius 3 is 1.69 bits per heavy atom. The van der Waals surface area contributed by atoms with Gasteiger partial charge in [-0.05, 0) is 13.1 Å². The van der Waals surface area contributed by atoms with Crippen molar-refractivity contribution in [3.05, 3.63) is 0 Å². The van der Waals surface area contributed by atoms with Crippen LogP contribution in [0.2, 0.25) is 13.1 Å². The molecular formula is C8H14N2O2Si. The maximum Gasteiger partial charge on any atom is 0.331 e. The Labute approximate surface area is 79.9 Å². The van der Waals surface area contributed by atoms with Gasteiger partial charge in [-0.25, -0.2) is 0 Å². The monoisotopic (exact) mass is 198 g/mol. The van der Waals surface area contributed by atoms with Crippen LogP contribution in [0.5, 0.6) is 0 Å². The Morgan fingerprint density at radius 2 is 1.38 bits per heavy atom. The molecular weight excluding hydrogens is 184 g/mol. The van der Waals surface area contributed by atoms with Gasteiger partial charge < -0.3 is 8.85 Å². The third-order valence-corrected chi connectivity index (χ3v) is 3.13. The molecule has 0 aromatic heterocycles. The summed E-state index contributed by atoms with van der Waals surface area (Å²) in [5, 5.41) is 16.6. The van der Waals surface area contributed by atoms with Gasteiger partial charge in [-0.15, -0.1) is 0 Å². The normalized spacial score (nSPS) is 10.5. The molecule has 0 atom stereocenters. The lowest BCUT2D eigenvalue weighted by molar-refractivity contribution is 0.186. The van der Waals surface area contributed by atoms with Crippen LogP contribution in [-0.2, 0) is 8.85 Å². The van der Waals surface area contributed by atoms with Crippen LogP contribution < -0.4 is 0 Å². The Kier molecular flexibility index (Phi) is 6.16. The molecule has 0 radical (unpaired) electrons. The van der Waals surface area contributed by atoms with Gasteiger partial charge in [-0.3, -0.25) is 0 Å². The third-order valence-electron chi connectivity index (χ3n) is 1.33. The second-order valence-corrected chi connectivity index (χ2v) is 6.29. The lowest BCUT2D eigenvalue weighted by Gasteiger charge is -2.21. The molecule has 0 fully saturated rings. The zero-order valence-electron chi connectivity index (χ0n) is 8.04. The number of hydrogen-bond acceptors (Lipinski definition) is 4. The van der Waals surface area contributed by atoms with Crippen LogP contribution in [0.4, 0.5) is 0 Å². The molecule has 0 saturated carbocycles. The largest absolute Gasteiger partial charge is 0.393 e. The van der Waals surface area contributed by atoms with Crippen molar-refractivity contribution < 1.29 is 8.85 Å². The quantitative estimate of drug-likeness (QED) is 0.479. The second-order valence-electron chi connectivity index (χ2n) is 2.91. The van der Waals surface area contributed by atoms with Gasteiger partial charge in [0.1, 0.15) is 0 Å². The van der Waals surface area contributed by atoms with Crippen molar-refractivity contribution in [1.29, 1.82) is 10.5 Å². The SMILES string of the molecule is C[Si](C)(OCCC#N)OCCC#N. The van der Waals surface area contributed by atoms with Gasteiger partial charge >= 0.3 is 8.56 Å². The van der Waals surface area contributed by atoms with Crippen LogP contribution in [-0.4, -0.2) is 21.8 Å². The predicted molar refractivity (Wildman–Crippen MR) is 49.8 cm³/mol. The van der Waals surface area contributed by atoms with E-state index in [0.717, 1.165) is 0 Å². The van der Waals surface area contributed by atoms with Gasteiger partial charge in [0.15, 0.2) is 0 Å². The van der Waals surface area contributed by atoms with Crippen LogP contribution in [0.25, 0.3) is 0 Å². The average molecular weight is 198 g/mol. The van der Waals surface area contributed by atoms with Crippen LogP contribution in [0.15, 0.2) is 0 Å². The van der Waals surface area contributed by atoms with Crippen LogP contribution in [0.3, 0.4) is 0 Å². The molecule has 72 valence electrons. The summed E-state index contributed by atoms with van der Waals surface area (Å²) in [5.74, 6) is 0. The Morgan fingerprint density at radius 1 is 1.00 bits per heavy atom. The minimum Gasteiger partial charge on any atom is -0.393 e. The van der Waals surface area contributed by atoms with Gasteiger partial charge in [0.05, 0.1) is 25.0 Å². The molecule has 0 aliphatic heterocycles. The fraction of sp³-hybridized carbons (Fsp3) is 0.750. The standard InChI is InChI=1S/C8H14N2O2Si/c1-13(2,11-7-3-5-9)12-8-4-6-10/h3-4,7-8H2,1-2H3. The molecule has 0 amide bonds. The maximum atomic E-state index is 8.28. The van der Waals surface area contributed by atoms with E-state index in [1.807, 2.05) is 25.2 Å². The molecule has 0 unspecified atom stereocenters. The van der Waals surface area contributed by atoms with Crippen molar-refractivity contribution in [3.63, 3.8) is 0 Å². The topological polar surface area (TPSA) is 66.0 Å². The van der Waals surface area contributed by atoms with E-state index in [2.05, 4.69) is 0 Å². The van der Waals surface area contributed by atoms with Gasteiger partial charge in [0.25, 0.3) is 0 Å². The highest BCUT2D eigenvalue weighted by molar-refractivity contribution is 6.64. The fourth-order valence-corrected chi connectivity index (χ4v) is 2.00. The first-order chi connectivity index (χ1) is 6.12. The summed E-state index contributed by atoms with van der Waals surface area (Å²) in [6.45, 7) is 4.65. The second kappa shape index (κ2) is 6.61. The summed E-state index contributed by atoms with van der Waals surface area (Å²) >= 11 is 0. The smallest absolute Gasteiger partial charge is 0.331 e. The van der Waals surface area contributed by atoms with Crippen LogP contribution >= 0.6 is 0 Å². The van der Waals surface area contributed by atoms with E-state index in [-0.39, 0.29) is 0 Å². The van der Waals surface area contributed by atoms with Gasteiger partial charge in [0.2, 0.25) is 0 Å². The van der Waals surface area contributed by atoms with E-state index in [1.165, 1.54) is 0 Å². The van der Waals surface area contributed by atoms with Crippen molar-refractivity contribution in [2.75, 3.05) is 13.2 Å². The Hall–Kier alpha value is -0.883.